The van der Waals surface area contributed by atoms with Crippen molar-refractivity contribution in [3.05, 3.63) is 74.2 Å². The Bertz CT molecular complexity index is 1000. The van der Waals surface area contributed by atoms with E-state index in [1.165, 1.54) is 23.7 Å². The van der Waals surface area contributed by atoms with Crippen molar-refractivity contribution in [1.29, 1.82) is 5.26 Å². The third kappa shape index (κ3) is 4.25. The van der Waals surface area contributed by atoms with E-state index in [4.69, 9.17) is 11.6 Å². The first-order valence-electron chi connectivity index (χ1n) is 8.31. The number of benzene rings is 2. The molecule has 1 fully saturated rings. The van der Waals surface area contributed by atoms with Gasteiger partial charge >= 0.3 is 0 Å². The molecule has 0 unspecified atom stereocenters. The molecule has 1 aliphatic heterocycles. The predicted molar refractivity (Wildman–Crippen MR) is 115 cm³/mol. The first-order valence-corrected chi connectivity index (χ1v) is 10.4. The summed E-state index contributed by atoms with van der Waals surface area (Å²) in [5.74, 6) is -0.706. The fourth-order valence-corrected chi connectivity index (χ4v) is 4.60. The Kier molecular flexibility index (Phi) is 6.45. The van der Waals surface area contributed by atoms with Crippen LogP contribution in [0.5, 0.6) is 0 Å². The molecule has 0 bridgehead atoms. The van der Waals surface area contributed by atoms with E-state index >= 15 is 0 Å². The van der Waals surface area contributed by atoms with Crippen molar-refractivity contribution in [2.45, 2.75) is 11.7 Å². The van der Waals surface area contributed by atoms with E-state index in [0.717, 1.165) is 10.0 Å². The topological polar surface area (TPSA) is 73.2 Å². The Labute approximate surface area is 180 Å². The molecule has 2 aromatic rings. The van der Waals surface area contributed by atoms with Crippen molar-refractivity contribution < 1.29 is 9.59 Å². The van der Waals surface area contributed by atoms with E-state index in [-0.39, 0.29) is 11.5 Å². The van der Waals surface area contributed by atoms with Crippen LogP contribution in [0.1, 0.15) is 5.56 Å². The van der Waals surface area contributed by atoms with Crippen LogP contribution < -0.4 is 10.2 Å². The van der Waals surface area contributed by atoms with E-state index in [1.807, 2.05) is 24.3 Å². The van der Waals surface area contributed by atoms with Gasteiger partial charge < -0.3 is 5.32 Å². The van der Waals surface area contributed by atoms with Crippen molar-refractivity contribution in [2.24, 2.45) is 0 Å². The van der Waals surface area contributed by atoms with Gasteiger partial charge in [0.15, 0.2) is 0 Å². The zero-order valence-electron chi connectivity index (χ0n) is 14.8. The van der Waals surface area contributed by atoms with E-state index in [9.17, 15) is 14.9 Å². The molecule has 2 amide bonds. The molecule has 0 radical (unpaired) electrons. The number of likely N-dealkylation sites (N-methyl/N-ethyl adjacent to an activating group) is 1. The number of thioether (sulfide) groups is 1. The number of anilines is 1. The van der Waals surface area contributed by atoms with Crippen LogP contribution in [-0.4, -0.2) is 24.1 Å². The van der Waals surface area contributed by atoms with E-state index in [0.29, 0.717) is 22.2 Å². The minimum atomic E-state index is -0.525. The molecular weight excluding hydrogens is 462 g/mol. The van der Waals surface area contributed by atoms with Gasteiger partial charge in [0.2, 0.25) is 5.91 Å². The monoisotopic (exact) mass is 475 g/mol. The second kappa shape index (κ2) is 8.82. The second-order valence-electron chi connectivity index (χ2n) is 5.96. The number of hydrogen-bond donors (Lipinski definition) is 1. The third-order valence-electron chi connectivity index (χ3n) is 4.13. The lowest BCUT2D eigenvalue weighted by Crippen LogP contribution is -2.31. The molecule has 3 rings (SSSR count). The zero-order chi connectivity index (χ0) is 20.3. The molecule has 0 aliphatic carbocycles. The summed E-state index contributed by atoms with van der Waals surface area (Å²) in [6.45, 7) is 0. The molecule has 0 saturated carbocycles. The van der Waals surface area contributed by atoms with Gasteiger partial charge in [0.1, 0.15) is 16.7 Å². The van der Waals surface area contributed by atoms with Crippen LogP contribution in [0.2, 0.25) is 5.02 Å². The highest BCUT2D eigenvalue weighted by atomic mass is 79.9. The van der Waals surface area contributed by atoms with Gasteiger partial charge in [-0.1, -0.05) is 51.4 Å². The number of carbonyl (C=O) groups excluding carboxylic acids is 2. The van der Waals surface area contributed by atoms with Crippen molar-refractivity contribution >= 4 is 56.8 Å². The van der Waals surface area contributed by atoms with Crippen LogP contribution in [0.25, 0.3) is 0 Å². The Balaban J connectivity index is 2.04. The maximum Gasteiger partial charge on any atom is 0.264 e. The number of amides is 2. The molecule has 0 aromatic heterocycles. The maximum absolute atomic E-state index is 13.2. The Hall–Kier alpha value is -2.27. The summed E-state index contributed by atoms with van der Waals surface area (Å²) in [6, 6.07) is 16.4. The maximum atomic E-state index is 13.2. The predicted octanol–water partition coefficient (Wildman–Crippen LogP) is 4.27. The molecule has 1 atom stereocenters. The van der Waals surface area contributed by atoms with Gasteiger partial charge in [0.25, 0.3) is 5.91 Å². The van der Waals surface area contributed by atoms with Gasteiger partial charge in [-0.3, -0.25) is 14.5 Å². The normalized spacial score (nSPS) is 18.0. The number of carbonyl (C=O) groups is 2. The lowest BCUT2D eigenvalue weighted by molar-refractivity contribution is -0.117. The van der Waals surface area contributed by atoms with Crippen LogP contribution in [-0.2, 0) is 16.0 Å². The Morgan fingerprint density at radius 3 is 2.64 bits per heavy atom. The van der Waals surface area contributed by atoms with Gasteiger partial charge in [-0.2, -0.15) is 5.26 Å². The average Bonchev–Trinajstić information content (AvgIpc) is 2.99. The molecule has 1 N–H and O–H groups in total. The van der Waals surface area contributed by atoms with Crippen molar-refractivity contribution in [1.82, 2.24) is 5.32 Å². The Morgan fingerprint density at radius 2 is 2.04 bits per heavy atom. The SMILES string of the molecule is CNC(=O)/C(C#N)=C1\S[C@@H](Cc2cccc(Cl)c2)C(=O)N1c1ccc(Br)cc1. The number of nitrogens with one attached hydrogen (secondary N) is 1. The lowest BCUT2D eigenvalue weighted by Gasteiger charge is -2.18. The largest absolute Gasteiger partial charge is 0.354 e. The first kappa shape index (κ1) is 20.5. The molecule has 2 aromatic carbocycles. The van der Waals surface area contributed by atoms with Crippen molar-refractivity contribution in [3.63, 3.8) is 0 Å². The smallest absolute Gasteiger partial charge is 0.264 e. The number of halogens is 2. The highest BCUT2D eigenvalue weighted by molar-refractivity contribution is 9.10. The van der Waals surface area contributed by atoms with Crippen LogP contribution in [0.15, 0.2) is 63.6 Å². The Morgan fingerprint density at radius 1 is 1.32 bits per heavy atom. The fraction of sp³-hybridized carbons (Fsp3) is 0.150. The molecule has 142 valence electrons. The van der Waals surface area contributed by atoms with E-state index < -0.39 is 11.2 Å². The zero-order valence-corrected chi connectivity index (χ0v) is 17.9. The summed E-state index contributed by atoms with van der Waals surface area (Å²) >= 11 is 10.7. The summed E-state index contributed by atoms with van der Waals surface area (Å²) < 4.78 is 0.864. The summed E-state index contributed by atoms with van der Waals surface area (Å²) in [6.07, 6.45) is 0.438. The highest BCUT2D eigenvalue weighted by Gasteiger charge is 2.40. The summed E-state index contributed by atoms with van der Waals surface area (Å²) in [5.41, 5.74) is 1.42. The molecule has 28 heavy (non-hydrogen) atoms. The third-order valence-corrected chi connectivity index (χ3v) is 6.15. The highest BCUT2D eigenvalue weighted by Crippen LogP contribution is 2.42. The second-order valence-corrected chi connectivity index (χ2v) is 8.51. The molecule has 1 aliphatic rings. The van der Waals surface area contributed by atoms with Gasteiger partial charge in [-0.05, 0) is 48.4 Å². The molecular formula is C20H15BrClN3O2S. The van der Waals surface area contributed by atoms with Gasteiger partial charge in [-0.15, -0.1) is 0 Å². The van der Waals surface area contributed by atoms with E-state index in [2.05, 4.69) is 21.2 Å². The number of rotatable bonds is 4. The van der Waals surface area contributed by atoms with Crippen LogP contribution in [0.4, 0.5) is 5.69 Å². The molecule has 5 nitrogen and oxygen atoms in total. The minimum Gasteiger partial charge on any atom is -0.354 e. The van der Waals surface area contributed by atoms with Crippen LogP contribution in [0.3, 0.4) is 0 Å². The number of nitriles is 1. The van der Waals surface area contributed by atoms with Gasteiger partial charge in [0, 0.05) is 22.2 Å². The minimum absolute atomic E-state index is 0.0858. The summed E-state index contributed by atoms with van der Waals surface area (Å²) in [5, 5.41) is 12.5. The quantitative estimate of drug-likeness (QED) is 0.528. The lowest BCUT2D eigenvalue weighted by atomic mass is 10.1. The van der Waals surface area contributed by atoms with Gasteiger partial charge in [-0.25, -0.2) is 0 Å². The standard InChI is InChI=1S/C20H15BrClN3O2S/c1-24-18(26)16(11-23)20-25(15-7-5-13(21)6-8-15)19(27)17(28-20)10-12-3-2-4-14(22)9-12/h2-9,17H,10H2,1H3,(H,24,26)/b20-16-/t17-/m0/s1. The molecule has 1 heterocycles. The van der Waals surface area contributed by atoms with E-state index in [1.54, 1.807) is 30.3 Å². The van der Waals surface area contributed by atoms with Crippen LogP contribution >= 0.6 is 39.3 Å². The number of hydrogen-bond acceptors (Lipinski definition) is 4. The van der Waals surface area contributed by atoms with Crippen molar-refractivity contribution in [3.8, 4) is 6.07 Å². The summed E-state index contributed by atoms with van der Waals surface area (Å²) in [4.78, 5) is 26.9. The molecule has 8 heteroatoms. The van der Waals surface area contributed by atoms with Crippen molar-refractivity contribution in [2.75, 3.05) is 11.9 Å². The summed E-state index contributed by atoms with van der Waals surface area (Å²) in [7, 11) is 1.45. The first-order chi connectivity index (χ1) is 13.4. The average molecular weight is 477 g/mol. The van der Waals surface area contributed by atoms with Gasteiger partial charge in [0.05, 0.1) is 5.25 Å². The molecule has 0 spiro atoms. The fourth-order valence-electron chi connectivity index (χ4n) is 2.82. The number of nitrogens with zero attached hydrogens (tertiary/aromatic N) is 2. The van der Waals surface area contributed by atoms with Crippen LogP contribution in [0, 0.1) is 11.3 Å². The molecule has 1 saturated heterocycles.